The summed E-state index contributed by atoms with van der Waals surface area (Å²) >= 11 is 5.30. The van der Waals surface area contributed by atoms with Crippen molar-refractivity contribution in [3.63, 3.8) is 0 Å². The summed E-state index contributed by atoms with van der Waals surface area (Å²) in [5.41, 5.74) is 4.82. The van der Waals surface area contributed by atoms with E-state index in [0.717, 1.165) is 32.9 Å². The number of hydrogen-bond donors (Lipinski definition) is 0. The van der Waals surface area contributed by atoms with E-state index < -0.39 is 0 Å². The number of aromatic nitrogens is 1. The summed E-state index contributed by atoms with van der Waals surface area (Å²) in [4.78, 5) is 6.20. The largest absolute Gasteiger partial charge is 0.497 e. The summed E-state index contributed by atoms with van der Waals surface area (Å²) < 4.78 is 6.41. The number of thiazole rings is 1. The number of nitrogens with zero attached hydrogens (tertiary/aromatic N) is 1. The van der Waals surface area contributed by atoms with Crippen molar-refractivity contribution >= 4 is 27.3 Å². The molecule has 1 aliphatic rings. The monoisotopic (exact) mass is 357 g/mol. The number of fused-ring (bicyclic) bond motifs is 3. The third-order valence-corrected chi connectivity index (χ3v) is 5.29. The molecule has 0 radical (unpaired) electrons. The highest BCUT2D eigenvalue weighted by Crippen LogP contribution is 2.43. The molecule has 0 spiro atoms. The number of methoxy groups -OCH3 is 1. The van der Waals surface area contributed by atoms with Crippen LogP contribution in [0.2, 0.25) is 0 Å². The zero-order valence-electron chi connectivity index (χ0n) is 11.4. The van der Waals surface area contributed by atoms with Crippen LogP contribution in [0.4, 0.5) is 0 Å². The molecule has 0 atom stereocenters. The van der Waals surface area contributed by atoms with Gasteiger partial charge in [-0.25, -0.2) is 4.98 Å². The fourth-order valence-electron chi connectivity index (χ4n) is 2.66. The average molecular weight is 358 g/mol. The van der Waals surface area contributed by atoms with Gasteiger partial charge in [-0.15, -0.1) is 11.3 Å². The summed E-state index contributed by atoms with van der Waals surface area (Å²) in [6.07, 6.45) is 0.973. The normalized spacial score (nSPS) is 12.1. The SMILES string of the molecule is COc1ccc2c(c1)-c1nc(-c3cccc(Br)c3)sc1C2. The molecule has 0 fully saturated rings. The molecule has 4 heteroatoms. The first-order chi connectivity index (χ1) is 10.2. The Balaban J connectivity index is 1.81. The van der Waals surface area contributed by atoms with Crippen LogP contribution in [-0.4, -0.2) is 12.1 Å². The molecule has 0 N–H and O–H groups in total. The Bertz CT molecular complexity index is 841. The first kappa shape index (κ1) is 13.0. The Labute approximate surface area is 135 Å². The Morgan fingerprint density at radius 2 is 2.10 bits per heavy atom. The summed E-state index contributed by atoms with van der Waals surface area (Å²) in [5, 5.41) is 1.08. The van der Waals surface area contributed by atoms with Gasteiger partial charge in [0.15, 0.2) is 0 Å². The van der Waals surface area contributed by atoms with Crippen LogP contribution in [0.15, 0.2) is 46.9 Å². The van der Waals surface area contributed by atoms with Crippen LogP contribution >= 0.6 is 27.3 Å². The molecule has 0 unspecified atom stereocenters. The van der Waals surface area contributed by atoms with E-state index in [2.05, 4.69) is 40.2 Å². The van der Waals surface area contributed by atoms with Gasteiger partial charge in [0.25, 0.3) is 0 Å². The lowest BCUT2D eigenvalue weighted by Gasteiger charge is -2.03. The standard InChI is InChI=1S/C17H12BrNOS/c1-20-13-6-5-10-8-15-16(14(10)9-13)19-17(21-15)11-3-2-4-12(18)7-11/h2-7,9H,8H2,1H3. The average Bonchev–Trinajstić information content (AvgIpc) is 3.04. The fourth-order valence-corrected chi connectivity index (χ4v) is 4.15. The highest BCUT2D eigenvalue weighted by Gasteiger charge is 2.24. The van der Waals surface area contributed by atoms with E-state index in [4.69, 9.17) is 9.72 Å². The molecule has 2 aromatic carbocycles. The van der Waals surface area contributed by atoms with E-state index in [1.165, 1.54) is 16.0 Å². The van der Waals surface area contributed by atoms with Crippen molar-refractivity contribution in [2.75, 3.05) is 7.11 Å². The van der Waals surface area contributed by atoms with E-state index >= 15 is 0 Å². The molecule has 4 rings (SSSR count). The van der Waals surface area contributed by atoms with Gasteiger partial charge in [0, 0.05) is 26.9 Å². The summed E-state index contributed by atoms with van der Waals surface area (Å²) in [6, 6.07) is 14.5. The minimum atomic E-state index is 0.888. The molecule has 104 valence electrons. The molecule has 0 aliphatic heterocycles. The Kier molecular flexibility index (Phi) is 3.08. The zero-order chi connectivity index (χ0) is 14.4. The van der Waals surface area contributed by atoms with Gasteiger partial charge in [0.05, 0.1) is 12.8 Å². The van der Waals surface area contributed by atoms with Gasteiger partial charge in [-0.1, -0.05) is 34.1 Å². The van der Waals surface area contributed by atoms with Crippen LogP contribution in [0.5, 0.6) is 5.75 Å². The third-order valence-electron chi connectivity index (χ3n) is 3.69. The number of benzene rings is 2. The zero-order valence-corrected chi connectivity index (χ0v) is 13.8. The van der Waals surface area contributed by atoms with Gasteiger partial charge in [-0.05, 0) is 29.8 Å². The molecule has 0 amide bonds. The minimum absolute atomic E-state index is 0.888. The van der Waals surface area contributed by atoms with Gasteiger partial charge in [-0.3, -0.25) is 0 Å². The molecular weight excluding hydrogens is 346 g/mol. The van der Waals surface area contributed by atoms with Gasteiger partial charge in [0.2, 0.25) is 0 Å². The molecule has 21 heavy (non-hydrogen) atoms. The topological polar surface area (TPSA) is 22.1 Å². The highest BCUT2D eigenvalue weighted by atomic mass is 79.9. The lowest BCUT2D eigenvalue weighted by molar-refractivity contribution is 0.415. The molecule has 0 saturated heterocycles. The molecule has 1 aromatic heterocycles. The quantitative estimate of drug-likeness (QED) is 0.494. The van der Waals surface area contributed by atoms with Crippen molar-refractivity contribution in [2.24, 2.45) is 0 Å². The van der Waals surface area contributed by atoms with Crippen molar-refractivity contribution in [3.05, 3.63) is 57.4 Å². The molecule has 0 saturated carbocycles. The van der Waals surface area contributed by atoms with Crippen LogP contribution in [0.25, 0.3) is 21.8 Å². The maximum atomic E-state index is 5.33. The second kappa shape index (κ2) is 4.97. The highest BCUT2D eigenvalue weighted by molar-refractivity contribution is 9.10. The van der Waals surface area contributed by atoms with E-state index in [-0.39, 0.29) is 0 Å². The van der Waals surface area contributed by atoms with E-state index in [0.29, 0.717) is 0 Å². The summed E-state index contributed by atoms with van der Waals surface area (Å²) in [5.74, 6) is 0.888. The molecule has 1 heterocycles. The lowest BCUT2D eigenvalue weighted by Crippen LogP contribution is -1.86. The number of rotatable bonds is 2. The maximum absolute atomic E-state index is 5.33. The maximum Gasteiger partial charge on any atom is 0.124 e. The summed E-state index contributed by atoms with van der Waals surface area (Å²) in [6.45, 7) is 0. The number of hydrogen-bond acceptors (Lipinski definition) is 3. The smallest absolute Gasteiger partial charge is 0.124 e. The van der Waals surface area contributed by atoms with Crippen molar-refractivity contribution in [1.82, 2.24) is 4.98 Å². The fraction of sp³-hybridized carbons (Fsp3) is 0.118. The molecule has 3 aromatic rings. The number of halogens is 1. The van der Waals surface area contributed by atoms with Gasteiger partial charge < -0.3 is 4.74 Å². The van der Waals surface area contributed by atoms with E-state index in [1.54, 1.807) is 18.4 Å². The van der Waals surface area contributed by atoms with Crippen LogP contribution in [0.1, 0.15) is 10.4 Å². The van der Waals surface area contributed by atoms with Gasteiger partial charge in [-0.2, -0.15) is 0 Å². The van der Waals surface area contributed by atoms with Crippen LogP contribution < -0.4 is 4.74 Å². The van der Waals surface area contributed by atoms with Gasteiger partial charge >= 0.3 is 0 Å². The Hall–Kier alpha value is -1.65. The third kappa shape index (κ3) is 2.19. The lowest BCUT2D eigenvalue weighted by atomic mass is 10.1. The predicted molar refractivity (Wildman–Crippen MR) is 90.0 cm³/mol. The molecule has 1 aliphatic carbocycles. The van der Waals surface area contributed by atoms with Crippen molar-refractivity contribution < 1.29 is 4.74 Å². The van der Waals surface area contributed by atoms with Crippen LogP contribution in [0, 0.1) is 0 Å². The first-order valence-corrected chi connectivity index (χ1v) is 8.28. The second-order valence-electron chi connectivity index (χ2n) is 5.00. The minimum Gasteiger partial charge on any atom is -0.497 e. The Morgan fingerprint density at radius 1 is 1.19 bits per heavy atom. The van der Waals surface area contributed by atoms with Crippen LogP contribution in [0.3, 0.4) is 0 Å². The van der Waals surface area contributed by atoms with Crippen molar-refractivity contribution in [2.45, 2.75) is 6.42 Å². The van der Waals surface area contributed by atoms with Crippen molar-refractivity contribution in [1.29, 1.82) is 0 Å². The molecule has 2 nitrogen and oxygen atoms in total. The second-order valence-corrected chi connectivity index (χ2v) is 7.00. The van der Waals surface area contributed by atoms with Crippen molar-refractivity contribution in [3.8, 4) is 27.6 Å². The predicted octanol–water partition coefficient (Wildman–Crippen LogP) is 5.15. The summed E-state index contributed by atoms with van der Waals surface area (Å²) in [7, 11) is 1.70. The number of ether oxygens (including phenoxy) is 1. The van der Waals surface area contributed by atoms with E-state index in [9.17, 15) is 0 Å². The molecule has 0 bridgehead atoms. The Morgan fingerprint density at radius 3 is 2.90 bits per heavy atom. The van der Waals surface area contributed by atoms with Gasteiger partial charge in [0.1, 0.15) is 10.8 Å². The molecular formula is C17H12BrNOS. The van der Waals surface area contributed by atoms with Crippen LogP contribution in [-0.2, 0) is 6.42 Å². The first-order valence-electron chi connectivity index (χ1n) is 6.67. The van der Waals surface area contributed by atoms with E-state index in [1.807, 2.05) is 18.2 Å².